The molecule has 0 aromatic heterocycles. The number of anilines is 1. The van der Waals surface area contributed by atoms with Crippen LogP contribution in [-0.4, -0.2) is 40.5 Å². The van der Waals surface area contributed by atoms with Crippen LogP contribution in [0.2, 0.25) is 0 Å². The van der Waals surface area contributed by atoms with Crippen LogP contribution in [0.4, 0.5) is 5.69 Å². The molecule has 0 N–H and O–H groups in total. The molecule has 0 aliphatic carbocycles. The van der Waals surface area contributed by atoms with Gasteiger partial charge in [0.05, 0.1) is 16.3 Å². The first-order chi connectivity index (χ1) is 12.3. The van der Waals surface area contributed by atoms with Gasteiger partial charge in [0.2, 0.25) is 20.0 Å². The number of hydrogen-bond acceptors (Lipinski definition) is 4. The Morgan fingerprint density at radius 3 is 2.27 bits per heavy atom. The van der Waals surface area contributed by atoms with Crippen LogP contribution in [0.1, 0.15) is 18.4 Å². The van der Waals surface area contributed by atoms with Crippen LogP contribution in [0.3, 0.4) is 0 Å². The average molecular weight is 395 g/mol. The van der Waals surface area contributed by atoms with Gasteiger partial charge in [-0.25, -0.2) is 16.8 Å². The highest BCUT2D eigenvalue weighted by atomic mass is 32.2. The van der Waals surface area contributed by atoms with E-state index in [1.165, 1.54) is 27.8 Å². The summed E-state index contributed by atoms with van der Waals surface area (Å²) < 4.78 is 52.5. The monoisotopic (exact) mass is 394 g/mol. The van der Waals surface area contributed by atoms with E-state index in [2.05, 4.69) is 0 Å². The molecule has 1 aliphatic rings. The van der Waals surface area contributed by atoms with Gasteiger partial charge in [0.25, 0.3) is 0 Å². The predicted octanol–water partition coefficient (Wildman–Crippen LogP) is 2.44. The fourth-order valence-corrected chi connectivity index (χ4v) is 5.77. The Morgan fingerprint density at radius 2 is 1.65 bits per heavy atom. The van der Waals surface area contributed by atoms with E-state index < -0.39 is 20.0 Å². The molecule has 1 aliphatic heterocycles. The largest absolute Gasteiger partial charge is 0.270 e. The Hall–Kier alpha value is -1.90. The number of hydrogen-bond donors (Lipinski definition) is 0. The molecule has 0 radical (unpaired) electrons. The van der Waals surface area contributed by atoms with Crippen LogP contribution in [0, 0.1) is 0 Å². The highest BCUT2D eigenvalue weighted by molar-refractivity contribution is 7.92. The van der Waals surface area contributed by atoms with Crippen molar-refractivity contribution in [1.82, 2.24) is 4.31 Å². The molecule has 0 unspecified atom stereocenters. The Balaban J connectivity index is 1.81. The summed E-state index contributed by atoms with van der Waals surface area (Å²) in [6.07, 6.45) is 1.47. The summed E-state index contributed by atoms with van der Waals surface area (Å²) in [5.74, 6) is 0.132. The van der Waals surface area contributed by atoms with Crippen LogP contribution < -0.4 is 4.31 Å². The standard InChI is InChI=1S/C18H22N2O4S2/c1-19(15-16-7-3-2-4-8-16)26(23,24)18-11-9-17(10-12-18)20-13-5-6-14-25(20,21)22/h2-4,7-12H,5-6,13-15H2,1H3. The zero-order valence-electron chi connectivity index (χ0n) is 14.6. The predicted molar refractivity (Wildman–Crippen MR) is 102 cm³/mol. The van der Waals surface area contributed by atoms with Crippen molar-refractivity contribution >= 4 is 25.7 Å². The molecule has 26 heavy (non-hydrogen) atoms. The first-order valence-corrected chi connectivity index (χ1v) is 11.5. The quantitative estimate of drug-likeness (QED) is 0.781. The summed E-state index contributed by atoms with van der Waals surface area (Å²) in [5.41, 5.74) is 1.41. The average Bonchev–Trinajstić information content (AvgIpc) is 2.62. The summed E-state index contributed by atoms with van der Waals surface area (Å²) in [5, 5.41) is 0. The van der Waals surface area contributed by atoms with Crippen molar-refractivity contribution in [3.05, 3.63) is 60.2 Å². The van der Waals surface area contributed by atoms with E-state index in [0.29, 0.717) is 18.7 Å². The lowest BCUT2D eigenvalue weighted by Crippen LogP contribution is -2.37. The zero-order valence-corrected chi connectivity index (χ0v) is 16.2. The van der Waals surface area contributed by atoms with E-state index in [0.717, 1.165) is 12.0 Å². The van der Waals surface area contributed by atoms with Gasteiger partial charge in [0.15, 0.2) is 0 Å². The molecule has 1 heterocycles. The number of nitrogens with zero attached hydrogens (tertiary/aromatic N) is 2. The first-order valence-electron chi connectivity index (χ1n) is 8.41. The normalized spacial score (nSPS) is 17.4. The van der Waals surface area contributed by atoms with Crippen molar-refractivity contribution in [2.45, 2.75) is 24.3 Å². The minimum Gasteiger partial charge on any atom is -0.270 e. The maximum atomic E-state index is 12.7. The van der Waals surface area contributed by atoms with E-state index >= 15 is 0 Å². The van der Waals surface area contributed by atoms with E-state index in [4.69, 9.17) is 0 Å². The fourth-order valence-electron chi connectivity index (χ4n) is 2.97. The molecule has 2 aromatic rings. The van der Waals surface area contributed by atoms with Gasteiger partial charge in [-0.05, 0) is 42.7 Å². The lowest BCUT2D eigenvalue weighted by molar-refractivity contribution is 0.467. The van der Waals surface area contributed by atoms with Crippen LogP contribution in [0.15, 0.2) is 59.5 Å². The van der Waals surface area contributed by atoms with Gasteiger partial charge >= 0.3 is 0 Å². The molecular formula is C18H22N2O4S2. The van der Waals surface area contributed by atoms with Crippen molar-refractivity contribution in [1.29, 1.82) is 0 Å². The van der Waals surface area contributed by atoms with Crippen LogP contribution in [-0.2, 0) is 26.6 Å². The van der Waals surface area contributed by atoms with Gasteiger partial charge in [-0.2, -0.15) is 4.31 Å². The molecule has 6 nitrogen and oxygen atoms in total. The Bertz CT molecular complexity index is 956. The summed E-state index contributed by atoms with van der Waals surface area (Å²) >= 11 is 0. The maximum absolute atomic E-state index is 12.7. The van der Waals surface area contributed by atoms with Crippen molar-refractivity contribution in [3.63, 3.8) is 0 Å². The SMILES string of the molecule is CN(Cc1ccccc1)S(=O)(=O)c1ccc(N2CCCCS2(=O)=O)cc1. The summed E-state index contributed by atoms with van der Waals surface area (Å²) in [6, 6.07) is 15.4. The number of sulfonamides is 2. The molecule has 0 saturated carbocycles. The highest BCUT2D eigenvalue weighted by Crippen LogP contribution is 2.26. The molecule has 1 fully saturated rings. The summed E-state index contributed by atoms with van der Waals surface area (Å²) in [6.45, 7) is 0.702. The van der Waals surface area contributed by atoms with E-state index in [1.807, 2.05) is 30.3 Å². The van der Waals surface area contributed by atoms with Crippen LogP contribution >= 0.6 is 0 Å². The van der Waals surface area contributed by atoms with Crippen molar-refractivity contribution in [3.8, 4) is 0 Å². The Labute approximate surface area is 155 Å². The summed E-state index contributed by atoms with van der Waals surface area (Å²) in [7, 11) is -5.42. The second-order valence-electron chi connectivity index (χ2n) is 6.34. The highest BCUT2D eigenvalue weighted by Gasteiger charge is 2.27. The van der Waals surface area contributed by atoms with Crippen LogP contribution in [0.5, 0.6) is 0 Å². The molecule has 1 saturated heterocycles. The smallest absolute Gasteiger partial charge is 0.243 e. The third-order valence-electron chi connectivity index (χ3n) is 4.43. The molecular weight excluding hydrogens is 372 g/mol. The minimum atomic E-state index is -3.65. The second kappa shape index (κ2) is 7.38. The van der Waals surface area contributed by atoms with Gasteiger partial charge < -0.3 is 0 Å². The van der Waals surface area contributed by atoms with Crippen molar-refractivity contribution in [2.24, 2.45) is 0 Å². The zero-order chi connectivity index (χ0) is 18.8. The molecule has 0 spiro atoms. The third-order valence-corrected chi connectivity index (χ3v) is 8.12. The van der Waals surface area contributed by atoms with Crippen LogP contribution in [0.25, 0.3) is 0 Å². The fraction of sp³-hybridized carbons (Fsp3) is 0.333. The molecule has 8 heteroatoms. The Kier molecular flexibility index (Phi) is 5.36. The third kappa shape index (κ3) is 3.92. The van der Waals surface area contributed by atoms with Crippen molar-refractivity contribution < 1.29 is 16.8 Å². The lowest BCUT2D eigenvalue weighted by atomic mass is 10.2. The molecule has 0 atom stereocenters. The lowest BCUT2D eigenvalue weighted by Gasteiger charge is -2.28. The van der Waals surface area contributed by atoms with E-state index in [-0.39, 0.29) is 17.2 Å². The maximum Gasteiger partial charge on any atom is 0.243 e. The van der Waals surface area contributed by atoms with Gasteiger partial charge in [0, 0.05) is 20.1 Å². The molecule has 2 aromatic carbocycles. The number of benzene rings is 2. The second-order valence-corrected chi connectivity index (χ2v) is 10.4. The molecule has 140 valence electrons. The number of rotatable bonds is 5. The van der Waals surface area contributed by atoms with E-state index in [9.17, 15) is 16.8 Å². The minimum absolute atomic E-state index is 0.132. The summed E-state index contributed by atoms with van der Waals surface area (Å²) in [4.78, 5) is 0.147. The molecule has 3 rings (SSSR count). The first kappa shape index (κ1) is 18.9. The molecule has 0 bridgehead atoms. The van der Waals surface area contributed by atoms with Gasteiger partial charge in [-0.15, -0.1) is 0 Å². The van der Waals surface area contributed by atoms with Gasteiger partial charge in [-0.3, -0.25) is 4.31 Å². The molecule has 0 amide bonds. The Morgan fingerprint density at radius 1 is 1.00 bits per heavy atom. The van der Waals surface area contributed by atoms with E-state index in [1.54, 1.807) is 12.1 Å². The topological polar surface area (TPSA) is 74.8 Å². The van der Waals surface area contributed by atoms with Gasteiger partial charge in [0.1, 0.15) is 0 Å². The van der Waals surface area contributed by atoms with Crippen molar-refractivity contribution in [2.75, 3.05) is 23.7 Å². The van der Waals surface area contributed by atoms with Gasteiger partial charge in [-0.1, -0.05) is 30.3 Å².